The van der Waals surface area contributed by atoms with Crippen LogP contribution in [0.3, 0.4) is 0 Å². The molecule has 1 unspecified atom stereocenters. The monoisotopic (exact) mass is 238 g/mol. The molecule has 4 nitrogen and oxygen atoms in total. The Morgan fingerprint density at radius 1 is 1.53 bits per heavy atom. The largest absolute Gasteiger partial charge is 0.444 e. The van der Waals surface area contributed by atoms with Gasteiger partial charge in [0.25, 0.3) is 0 Å². The highest BCUT2D eigenvalue weighted by molar-refractivity contribution is 4.96. The molecule has 0 radical (unpaired) electrons. The molecule has 1 aliphatic rings. The van der Waals surface area contributed by atoms with Crippen LogP contribution in [0.15, 0.2) is 10.6 Å². The lowest BCUT2D eigenvalue weighted by atomic mass is 10.1. The summed E-state index contributed by atoms with van der Waals surface area (Å²) < 4.78 is 11.2. The molecule has 1 aliphatic heterocycles. The summed E-state index contributed by atoms with van der Waals surface area (Å²) in [5, 5.41) is 3.32. The molecule has 2 heterocycles. The minimum absolute atomic E-state index is 0.333. The van der Waals surface area contributed by atoms with Gasteiger partial charge in [-0.2, -0.15) is 0 Å². The third-order valence-electron chi connectivity index (χ3n) is 2.88. The molecule has 0 amide bonds. The molecule has 2 rings (SSSR count). The van der Waals surface area contributed by atoms with E-state index in [1.807, 2.05) is 6.20 Å². The van der Waals surface area contributed by atoms with Crippen LogP contribution in [-0.4, -0.2) is 24.2 Å². The molecule has 1 atom stereocenters. The fourth-order valence-corrected chi connectivity index (χ4v) is 2.02. The first-order valence-electron chi connectivity index (χ1n) is 6.50. The van der Waals surface area contributed by atoms with E-state index in [4.69, 9.17) is 9.15 Å². The molecule has 0 aliphatic carbocycles. The van der Waals surface area contributed by atoms with Crippen molar-refractivity contribution in [3.63, 3.8) is 0 Å². The Balaban J connectivity index is 1.75. The van der Waals surface area contributed by atoms with E-state index in [2.05, 4.69) is 24.1 Å². The highest BCUT2D eigenvalue weighted by Crippen LogP contribution is 2.17. The lowest BCUT2D eigenvalue weighted by Crippen LogP contribution is -2.19. The predicted octanol–water partition coefficient (Wildman–Crippen LogP) is 2.14. The standard InChI is InChI=1S/C13H22N2O2/c1-10(2)7-14-9-13-15-8-12(17-13)6-11-4-3-5-16-11/h8,10-11,14H,3-7,9H2,1-2H3. The van der Waals surface area contributed by atoms with E-state index < -0.39 is 0 Å². The van der Waals surface area contributed by atoms with Gasteiger partial charge in [-0.1, -0.05) is 13.8 Å². The molecular weight excluding hydrogens is 216 g/mol. The number of rotatable bonds is 6. The van der Waals surface area contributed by atoms with Crippen molar-refractivity contribution in [3.05, 3.63) is 17.8 Å². The van der Waals surface area contributed by atoms with Crippen LogP contribution in [0, 0.1) is 5.92 Å². The first-order chi connectivity index (χ1) is 8.24. The fourth-order valence-electron chi connectivity index (χ4n) is 2.02. The fraction of sp³-hybridized carbons (Fsp3) is 0.769. The number of oxazole rings is 1. The van der Waals surface area contributed by atoms with E-state index in [1.165, 1.54) is 6.42 Å². The second kappa shape index (κ2) is 6.17. The van der Waals surface area contributed by atoms with Crippen LogP contribution in [0.1, 0.15) is 38.3 Å². The SMILES string of the molecule is CC(C)CNCc1ncc(CC2CCCO2)o1. The Bertz CT molecular complexity index is 330. The molecule has 1 fully saturated rings. The Morgan fingerprint density at radius 3 is 3.12 bits per heavy atom. The summed E-state index contributed by atoms with van der Waals surface area (Å²) in [5.74, 6) is 2.37. The lowest BCUT2D eigenvalue weighted by molar-refractivity contribution is 0.106. The van der Waals surface area contributed by atoms with Gasteiger partial charge in [0.1, 0.15) is 5.76 Å². The third-order valence-corrected chi connectivity index (χ3v) is 2.88. The molecule has 0 saturated carbocycles. The van der Waals surface area contributed by atoms with Gasteiger partial charge < -0.3 is 14.5 Å². The van der Waals surface area contributed by atoms with Crippen molar-refractivity contribution in [2.75, 3.05) is 13.2 Å². The molecule has 1 aromatic rings. The van der Waals surface area contributed by atoms with Crippen LogP contribution in [0.4, 0.5) is 0 Å². The predicted molar refractivity (Wildman–Crippen MR) is 65.7 cm³/mol. The van der Waals surface area contributed by atoms with Crippen LogP contribution in [-0.2, 0) is 17.7 Å². The van der Waals surface area contributed by atoms with E-state index in [-0.39, 0.29) is 0 Å². The lowest BCUT2D eigenvalue weighted by Gasteiger charge is -2.06. The van der Waals surface area contributed by atoms with Gasteiger partial charge in [0.15, 0.2) is 0 Å². The Labute approximate surface area is 103 Å². The van der Waals surface area contributed by atoms with E-state index in [0.29, 0.717) is 18.6 Å². The molecule has 1 saturated heterocycles. The molecule has 4 heteroatoms. The van der Waals surface area contributed by atoms with Gasteiger partial charge >= 0.3 is 0 Å². The molecule has 0 spiro atoms. The van der Waals surface area contributed by atoms with Crippen molar-refractivity contribution < 1.29 is 9.15 Å². The van der Waals surface area contributed by atoms with E-state index in [9.17, 15) is 0 Å². The zero-order valence-electron chi connectivity index (χ0n) is 10.7. The van der Waals surface area contributed by atoms with E-state index >= 15 is 0 Å². The van der Waals surface area contributed by atoms with Gasteiger partial charge in [0.2, 0.25) is 5.89 Å². The number of hydrogen-bond donors (Lipinski definition) is 1. The van der Waals surface area contributed by atoms with Crippen molar-refractivity contribution in [2.24, 2.45) is 5.92 Å². The van der Waals surface area contributed by atoms with Gasteiger partial charge in [-0.25, -0.2) is 4.98 Å². The molecule has 1 aromatic heterocycles. The summed E-state index contributed by atoms with van der Waals surface area (Å²) >= 11 is 0. The summed E-state index contributed by atoms with van der Waals surface area (Å²) in [5.41, 5.74) is 0. The minimum Gasteiger partial charge on any atom is -0.444 e. The zero-order chi connectivity index (χ0) is 12.1. The van der Waals surface area contributed by atoms with Crippen molar-refractivity contribution in [1.82, 2.24) is 10.3 Å². The van der Waals surface area contributed by atoms with E-state index in [1.54, 1.807) is 0 Å². The maximum Gasteiger partial charge on any atom is 0.208 e. The molecular formula is C13H22N2O2. The summed E-state index contributed by atoms with van der Waals surface area (Å²) in [7, 11) is 0. The Kier molecular flexibility index (Phi) is 4.57. The maximum absolute atomic E-state index is 5.67. The van der Waals surface area contributed by atoms with E-state index in [0.717, 1.165) is 37.6 Å². The highest BCUT2D eigenvalue weighted by Gasteiger charge is 2.18. The number of nitrogens with zero attached hydrogens (tertiary/aromatic N) is 1. The molecule has 0 bridgehead atoms. The average molecular weight is 238 g/mol. The van der Waals surface area contributed by atoms with Crippen molar-refractivity contribution in [2.45, 2.75) is 45.8 Å². The van der Waals surface area contributed by atoms with Gasteiger partial charge in [0.05, 0.1) is 18.8 Å². The van der Waals surface area contributed by atoms with Crippen LogP contribution in [0.2, 0.25) is 0 Å². The first kappa shape index (κ1) is 12.6. The molecule has 0 aromatic carbocycles. The topological polar surface area (TPSA) is 47.3 Å². The normalized spacial score (nSPS) is 20.3. The smallest absolute Gasteiger partial charge is 0.208 e. The van der Waals surface area contributed by atoms with Gasteiger partial charge in [0, 0.05) is 13.0 Å². The maximum atomic E-state index is 5.67. The highest BCUT2D eigenvalue weighted by atomic mass is 16.5. The summed E-state index contributed by atoms with van der Waals surface area (Å²) in [6.07, 6.45) is 5.33. The zero-order valence-corrected chi connectivity index (χ0v) is 10.7. The van der Waals surface area contributed by atoms with Crippen LogP contribution < -0.4 is 5.32 Å². The summed E-state index contributed by atoms with van der Waals surface area (Å²) in [6.45, 7) is 6.96. The van der Waals surface area contributed by atoms with Crippen LogP contribution in [0.5, 0.6) is 0 Å². The van der Waals surface area contributed by atoms with Gasteiger partial charge in [-0.3, -0.25) is 0 Å². The number of aromatic nitrogens is 1. The first-order valence-corrected chi connectivity index (χ1v) is 6.50. The summed E-state index contributed by atoms with van der Waals surface area (Å²) in [6, 6.07) is 0. The van der Waals surface area contributed by atoms with Gasteiger partial charge in [-0.15, -0.1) is 0 Å². The second-order valence-corrected chi connectivity index (χ2v) is 5.08. The quantitative estimate of drug-likeness (QED) is 0.825. The van der Waals surface area contributed by atoms with Crippen molar-refractivity contribution >= 4 is 0 Å². The minimum atomic E-state index is 0.333. The molecule has 17 heavy (non-hydrogen) atoms. The second-order valence-electron chi connectivity index (χ2n) is 5.08. The number of nitrogens with one attached hydrogen (secondary N) is 1. The molecule has 96 valence electrons. The Hall–Kier alpha value is -0.870. The van der Waals surface area contributed by atoms with Gasteiger partial charge in [-0.05, 0) is 25.3 Å². The molecule has 1 N–H and O–H groups in total. The number of ether oxygens (including phenoxy) is 1. The van der Waals surface area contributed by atoms with Crippen molar-refractivity contribution in [1.29, 1.82) is 0 Å². The van der Waals surface area contributed by atoms with Crippen molar-refractivity contribution in [3.8, 4) is 0 Å². The third kappa shape index (κ3) is 4.13. The average Bonchev–Trinajstić information content (AvgIpc) is 2.90. The Morgan fingerprint density at radius 2 is 2.41 bits per heavy atom. The summed E-state index contributed by atoms with van der Waals surface area (Å²) in [4.78, 5) is 4.27. The van der Waals surface area contributed by atoms with Crippen LogP contribution in [0.25, 0.3) is 0 Å². The number of hydrogen-bond acceptors (Lipinski definition) is 4. The van der Waals surface area contributed by atoms with Crippen LogP contribution >= 0.6 is 0 Å².